The van der Waals surface area contributed by atoms with Crippen molar-refractivity contribution in [1.82, 2.24) is 19.8 Å². The van der Waals surface area contributed by atoms with Crippen molar-refractivity contribution in [1.29, 1.82) is 0 Å². The van der Waals surface area contributed by atoms with Gasteiger partial charge in [0.2, 0.25) is 0 Å². The summed E-state index contributed by atoms with van der Waals surface area (Å²) in [6, 6.07) is 17.9. The lowest BCUT2D eigenvalue weighted by atomic mass is 10.1. The van der Waals surface area contributed by atoms with Gasteiger partial charge in [-0.15, -0.1) is 0 Å². The molecule has 0 aliphatic carbocycles. The second-order valence-corrected chi connectivity index (χ2v) is 7.21. The van der Waals surface area contributed by atoms with Gasteiger partial charge in [0, 0.05) is 30.2 Å². The van der Waals surface area contributed by atoms with Gasteiger partial charge in [-0.25, -0.2) is 4.98 Å². The second-order valence-electron chi connectivity index (χ2n) is 6.43. The van der Waals surface area contributed by atoms with Gasteiger partial charge in [-0.2, -0.15) is 0 Å². The van der Waals surface area contributed by atoms with Crippen molar-refractivity contribution in [2.24, 2.45) is 0 Å². The van der Waals surface area contributed by atoms with Crippen molar-refractivity contribution in [2.45, 2.75) is 11.2 Å². The monoisotopic (exact) mass is 380 g/mol. The molecule has 0 radical (unpaired) electrons. The Balaban J connectivity index is 1.74. The van der Waals surface area contributed by atoms with Crippen LogP contribution in [-0.4, -0.2) is 47.3 Å². The summed E-state index contributed by atoms with van der Waals surface area (Å²) in [4.78, 5) is 19.2. The lowest BCUT2D eigenvalue weighted by molar-refractivity contribution is 0.0942. The maximum Gasteiger partial charge on any atom is 0.251 e. The van der Waals surface area contributed by atoms with Gasteiger partial charge in [0.05, 0.1) is 6.04 Å². The topological polar surface area (TPSA) is 50.2 Å². The molecule has 0 fully saturated rings. The van der Waals surface area contributed by atoms with E-state index in [1.807, 2.05) is 73.6 Å². The molecule has 1 atom stereocenters. The third kappa shape index (κ3) is 4.59. The first-order chi connectivity index (χ1) is 13.1. The van der Waals surface area contributed by atoms with Gasteiger partial charge in [-0.1, -0.05) is 48.2 Å². The minimum absolute atomic E-state index is 0.0783. The normalized spacial score (nSPS) is 12.1. The average molecular weight is 381 g/mol. The van der Waals surface area contributed by atoms with Gasteiger partial charge in [0.1, 0.15) is 0 Å². The number of thioether (sulfide) groups is 1. The van der Waals surface area contributed by atoms with Crippen molar-refractivity contribution < 1.29 is 4.79 Å². The van der Waals surface area contributed by atoms with E-state index in [0.717, 1.165) is 10.8 Å². The molecule has 6 heteroatoms. The summed E-state index contributed by atoms with van der Waals surface area (Å²) >= 11 is 1.57. The largest absolute Gasteiger partial charge is 0.350 e. The predicted molar refractivity (Wildman–Crippen MR) is 111 cm³/mol. The van der Waals surface area contributed by atoms with Gasteiger partial charge in [-0.3, -0.25) is 9.36 Å². The van der Waals surface area contributed by atoms with Gasteiger partial charge in [0.25, 0.3) is 5.91 Å². The minimum Gasteiger partial charge on any atom is -0.350 e. The van der Waals surface area contributed by atoms with Gasteiger partial charge in [-0.05, 0) is 44.1 Å². The highest BCUT2D eigenvalue weighted by Gasteiger charge is 2.16. The van der Waals surface area contributed by atoms with Gasteiger partial charge in [0.15, 0.2) is 5.16 Å². The zero-order chi connectivity index (χ0) is 19.2. The van der Waals surface area contributed by atoms with Crippen molar-refractivity contribution in [3.63, 3.8) is 0 Å². The molecular formula is C21H24N4OS. The summed E-state index contributed by atoms with van der Waals surface area (Å²) in [5.41, 5.74) is 2.75. The molecule has 5 nitrogen and oxygen atoms in total. The number of amides is 1. The SMILES string of the molecule is CSc1nccn1-c1cccc(C(=O)NCC(c2ccccc2)N(C)C)c1. The Morgan fingerprint density at radius 1 is 1.19 bits per heavy atom. The van der Waals surface area contributed by atoms with Crippen LogP contribution in [0.4, 0.5) is 0 Å². The van der Waals surface area contributed by atoms with E-state index >= 15 is 0 Å². The first-order valence-electron chi connectivity index (χ1n) is 8.77. The van der Waals surface area contributed by atoms with Crippen LogP contribution in [0.25, 0.3) is 5.69 Å². The Morgan fingerprint density at radius 3 is 2.67 bits per heavy atom. The second kappa shape index (κ2) is 8.88. The van der Waals surface area contributed by atoms with Crippen LogP contribution in [-0.2, 0) is 0 Å². The number of aromatic nitrogens is 2. The Kier molecular flexibility index (Phi) is 6.32. The first-order valence-corrected chi connectivity index (χ1v) is 10.00. The molecule has 1 unspecified atom stereocenters. The first kappa shape index (κ1) is 19.2. The van der Waals surface area contributed by atoms with E-state index in [9.17, 15) is 4.79 Å². The van der Waals surface area contributed by atoms with E-state index in [1.54, 1.807) is 18.0 Å². The Bertz CT molecular complexity index is 892. The summed E-state index contributed by atoms with van der Waals surface area (Å²) < 4.78 is 1.98. The molecule has 0 bridgehead atoms. The molecule has 0 spiro atoms. The molecule has 0 saturated carbocycles. The number of nitrogens with one attached hydrogen (secondary N) is 1. The third-order valence-electron chi connectivity index (χ3n) is 4.44. The number of benzene rings is 2. The van der Waals surface area contributed by atoms with E-state index in [1.165, 1.54) is 5.56 Å². The molecule has 0 aliphatic heterocycles. The summed E-state index contributed by atoms with van der Waals surface area (Å²) in [5.74, 6) is -0.0783. The summed E-state index contributed by atoms with van der Waals surface area (Å²) in [5, 5.41) is 3.96. The number of imidazole rings is 1. The Morgan fingerprint density at radius 2 is 1.96 bits per heavy atom. The highest BCUT2D eigenvalue weighted by molar-refractivity contribution is 7.98. The number of hydrogen-bond acceptors (Lipinski definition) is 4. The molecule has 1 N–H and O–H groups in total. The highest BCUT2D eigenvalue weighted by Crippen LogP contribution is 2.20. The number of hydrogen-bond donors (Lipinski definition) is 1. The predicted octanol–water partition coefficient (Wildman–Crippen LogP) is 3.63. The van der Waals surface area contributed by atoms with E-state index in [4.69, 9.17) is 0 Å². The molecule has 0 saturated heterocycles. The molecule has 2 aromatic carbocycles. The fraction of sp³-hybridized carbons (Fsp3) is 0.238. The number of likely N-dealkylation sites (N-methyl/N-ethyl adjacent to an activating group) is 1. The Hall–Kier alpha value is -2.57. The maximum atomic E-state index is 12.7. The maximum absolute atomic E-state index is 12.7. The highest BCUT2D eigenvalue weighted by atomic mass is 32.2. The van der Waals surface area contributed by atoms with Gasteiger partial charge >= 0.3 is 0 Å². The van der Waals surface area contributed by atoms with Crippen molar-refractivity contribution in [2.75, 3.05) is 26.9 Å². The van der Waals surface area contributed by atoms with Crippen LogP contribution < -0.4 is 5.32 Å². The molecule has 3 rings (SSSR count). The minimum atomic E-state index is -0.0783. The van der Waals surface area contributed by atoms with Crippen LogP contribution in [0.2, 0.25) is 0 Å². The summed E-state index contributed by atoms with van der Waals surface area (Å²) in [7, 11) is 4.04. The summed E-state index contributed by atoms with van der Waals surface area (Å²) in [6.07, 6.45) is 5.65. The van der Waals surface area contributed by atoms with Crippen LogP contribution in [0, 0.1) is 0 Å². The van der Waals surface area contributed by atoms with E-state index in [0.29, 0.717) is 12.1 Å². The van der Waals surface area contributed by atoms with Crippen LogP contribution in [0.3, 0.4) is 0 Å². The van der Waals surface area contributed by atoms with E-state index in [-0.39, 0.29) is 11.9 Å². The lowest BCUT2D eigenvalue weighted by Gasteiger charge is -2.25. The molecule has 140 valence electrons. The molecule has 3 aromatic rings. The number of carbonyl (C=O) groups is 1. The molecule has 0 aliphatic rings. The fourth-order valence-corrected chi connectivity index (χ4v) is 3.53. The smallest absolute Gasteiger partial charge is 0.251 e. The standard InChI is InChI=1S/C21H24N4OS/c1-24(2)19(16-8-5-4-6-9-16)15-23-20(26)17-10-7-11-18(14-17)25-13-12-22-21(25)27-3/h4-14,19H,15H2,1-3H3,(H,23,26). The molecular weight excluding hydrogens is 356 g/mol. The number of nitrogens with zero attached hydrogens (tertiary/aromatic N) is 3. The van der Waals surface area contributed by atoms with Gasteiger partial charge < -0.3 is 10.2 Å². The third-order valence-corrected chi connectivity index (χ3v) is 5.11. The molecule has 1 amide bonds. The fourth-order valence-electron chi connectivity index (χ4n) is 3.00. The van der Waals surface area contributed by atoms with Crippen LogP contribution in [0.15, 0.2) is 72.1 Å². The van der Waals surface area contributed by atoms with Crippen molar-refractivity contribution >= 4 is 17.7 Å². The van der Waals surface area contributed by atoms with Crippen molar-refractivity contribution in [3.05, 3.63) is 78.1 Å². The zero-order valence-electron chi connectivity index (χ0n) is 15.8. The van der Waals surface area contributed by atoms with E-state index < -0.39 is 0 Å². The summed E-state index contributed by atoms with van der Waals surface area (Å²) in [6.45, 7) is 0.543. The van der Waals surface area contributed by atoms with Crippen LogP contribution >= 0.6 is 11.8 Å². The molecule has 1 aromatic heterocycles. The van der Waals surface area contributed by atoms with Crippen LogP contribution in [0.5, 0.6) is 0 Å². The zero-order valence-corrected chi connectivity index (χ0v) is 16.6. The Labute approximate surface area is 164 Å². The molecule has 1 heterocycles. The van der Waals surface area contributed by atoms with Crippen LogP contribution in [0.1, 0.15) is 22.0 Å². The number of carbonyl (C=O) groups excluding carboxylic acids is 1. The van der Waals surface area contributed by atoms with E-state index in [2.05, 4.69) is 27.3 Å². The van der Waals surface area contributed by atoms with Crippen molar-refractivity contribution in [3.8, 4) is 5.69 Å². The average Bonchev–Trinajstić information content (AvgIpc) is 3.17. The lowest BCUT2D eigenvalue weighted by Crippen LogP contribution is -2.34. The quantitative estimate of drug-likeness (QED) is 0.636. The molecule has 27 heavy (non-hydrogen) atoms. The number of rotatable bonds is 7.